The number of aryl methyl sites for hydroxylation is 1. The molecular weight excluding hydrogens is 376 g/mol. The Hall–Kier alpha value is -1.74. The van der Waals surface area contributed by atoms with Crippen molar-refractivity contribution in [2.45, 2.75) is 53.1 Å². The number of benzene rings is 2. The second-order valence-electron chi connectivity index (χ2n) is 6.86. The molecular formula is C22H27BrO2. The highest BCUT2D eigenvalue weighted by atomic mass is 79.9. The number of allylic oxidation sites excluding steroid dienone is 1. The third-order valence-electron chi connectivity index (χ3n) is 3.81. The van der Waals surface area contributed by atoms with E-state index < -0.39 is 0 Å². The van der Waals surface area contributed by atoms with E-state index in [0.717, 1.165) is 24.2 Å². The third kappa shape index (κ3) is 4.88. The number of halogens is 1. The molecule has 2 aromatic carbocycles. The number of hydrogen-bond acceptors (Lipinski definition) is 2. The zero-order valence-electron chi connectivity index (χ0n) is 15.7. The van der Waals surface area contributed by atoms with Crippen molar-refractivity contribution in [3.8, 4) is 11.5 Å². The van der Waals surface area contributed by atoms with Crippen LogP contribution in [0.1, 0.15) is 57.7 Å². The predicted molar refractivity (Wildman–Crippen MR) is 110 cm³/mol. The molecule has 0 unspecified atom stereocenters. The average Bonchev–Trinajstić information content (AvgIpc) is 2.56. The quantitative estimate of drug-likeness (QED) is 0.605. The van der Waals surface area contributed by atoms with E-state index >= 15 is 0 Å². The molecule has 25 heavy (non-hydrogen) atoms. The van der Waals surface area contributed by atoms with Crippen molar-refractivity contribution in [1.82, 2.24) is 0 Å². The van der Waals surface area contributed by atoms with Crippen molar-refractivity contribution in [3.63, 3.8) is 0 Å². The van der Waals surface area contributed by atoms with Crippen LogP contribution in [0.4, 0.5) is 0 Å². The van der Waals surface area contributed by atoms with Crippen LogP contribution in [0, 0.1) is 0 Å². The third-order valence-corrected chi connectivity index (χ3v) is 4.60. The fourth-order valence-electron chi connectivity index (χ4n) is 2.89. The van der Waals surface area contributed by atoms with Crippen LogP contribution in [-0.4, -0.2) is 10.7 Å². The number of phenolic OH excluding ortho intramolecular Hbond substituents is 1. The summed E-state index contributed by atoms with van der Waals surface area (Å²) in [6.07, 6.45) is 1.97. The van der Waals surface area contributed by atoms with Crippen LogP contribution in [-0.2, 0) is 6.42 Å². The summed E-state index contributed by atoms with van der Waals surface area (Å²) in [7, 11) is 0. The lowest BCUT2D eigenvalue weighted by atomic mass is 9.87. The molecule has 0 radical (unpaired) electrons. The first kappa shape index (κ1) is 19.6. The molecule has 3 heteroatoms. The molecule has 1 N–H and O–H groups in total. The number of hydrogen-bond donors (Lipinski definition) is 1. The maximum absolute atomic E-state index is 9.52. The van der Waals surface area contributed by atoms with Gasteiger partial charge in [0.2, 0.25) is 0 Å². The molecule has 0 heterocycles. The van der Waals surface area contributed by atoms with Gasteiger partial charge in [0.1, 0.15) is 17.1 Å². The normalized spacial score (nSPS) is 13.7. The van der Waals surface area contributed by atoms with Crippen LogP contribution < -0.4 is 4.74 Å². The first-order valence-electron chi connectivity index (χ1n) is 8.84. The van der Waals surface area contributed by atoms with Gasteiger partial charge in [-0.05, 0) is 80.1 Å². The van der Waals surface area contributed by atoms with Gasteiger partial charge >= 0.3 is 0 Å². The van der Waals surface area contributed by atoms with E-state index in [2.05, 4.69) is 48.8 Å². The Morgan fingerprint density at radius 3 is 2.20 bits per heavy atom. The fraction of sp³-hybridized carbons (Fsp3) is 0.364. The molecule has 0 saturated carbocycles. The van der Waals surface area contributed by atoms with E-state index in [-0.39, 0.29) is 11.4 Å². The largest absolute Gasteiger partial charge is 0.508 e. The summed E-state index contributed by atoms with van der Waals surface area (Å²) in [6.45, 7) is 10.2. The Kier molecular flexibility index (Phi) is 6.34. The van der Waals surface area contributed by atoms with E-state index in [1.54, 1.807) is 12.1 Å². The molecule has 1 aliphatic carbocycles. The van der Waals surface area contributed by atoms with Gasteiger partial charge in [-0.15, -0.1) is 0 Å². The number of rotatable bonds is 2. The van der Waals surface area contributed by atoms with Crippen molar-refractivity contribution in [1.29, 1.82) is 0 Å². The van der Waals surface area contributed by atoms with Gasteiger partial charge in [-0.3, -0.25) is 0 Å². The first-order valence-corrected chi connectivity index (χ1v) is 9.63. The molecule has 2 aromatic rings. The maximum Gasteiger partial charge on any atom is 0.120 e. The molecule has 3 rings (SSSR count). The van der Waals surface area contributed by atoms with E-state index in [1.807, 2.05) is 32.0 Å². The summed E-state index contributed by atoms with van der Waals surface area (Å²) in [6, 6.07) is 13.7. The van der Waals surface area contributed by atoms with Crippen LogP contribution in [0.5, 0.6) is 11.5 Å². The summed E-state index contributed by atoms with van der Waals surface area (Å²) in [5.41, 5.74) is 4.65. The maximum atomic E-state index is 9.52. The highest BCUT2D eigenvalue weighted by Crippen LogP contribution is 2.40. The summed E-state index contributed by atoms with van der Waals surface area (Å²) >= 11 is 3.73. The van der Waals surface area contributed by atoms with Gasteiger partial charge in [-0.1, -0.05) is 48.0 Å². The lowest BCUT2D eigenvalue weighted by Crippen LogP contribution is -2.23. The van der Waals surface area contributed by atoms with Crippen LogP contribution in [0.15, 0.2) is 46.9 Å². The van der Waals surface area contributed by atoms with Gasteiger partial charge in [-0.25, -0.2) is 0 Å². The second kappa shape index (κ2) is 8.09. The Morgan fingerprint density at radius 2 is 1.60 bits per heavy atom. The van der Waals surface area contributed by atoms with Gasteiger partial charge in [-0.2, -0.15) is 0 Å². The van der Waals surface area contributed by atoms with E-state index in [9.17, 15) is 5.11 Å². The van der Waals surface area contributed by atoms with Crippen molar-refractivity contribution >= 4 is 21.5 Å². The standard InChI is InChI=1S/C20H21BrO2.C2H6/c1-20(2,3)23-16-9-10-17-14(12-16)6-11-18(21)19(17)13-4-7-15(22)8-5-13;1-2/h4-5,7-10,12,22H,6,11H2,1-3H3;1-2H3. The summed E-state index contributed by atoms with van der Waals surface area (Å²) in [5, 5.41) is 9.52. The van der Waals surface area contributed by atoms with E-state index in [0.29, 0.717) is 0 Å². The molecule has 0 saturated heterocycles. The van der Waals surface area contributed by atoms with Crippen molar-refractivity contribution in [3.05, 3.63) is 63.6 Å². The molecule has 0 amide bonds. The summed E-state index contributed by atoms with van der Waals surface area (Å²) in [4.78, 5) is 0. The Balaban J connectivity index is 0.00000109. The second-order valence-corrected chi connectivity index (χ2v) is 7.82. The molecule has 0 spiro atoms. The first-order chi connectivity index (χ1) is 11.8. The Bertz CT molecular complexity index is 753. The predicted octanol–water partition coefficient (Wildman–Crippen LogP) is 6.70. The van der Waals surface area contributed by atoms with Crippen LogP contribution >= 0.6 is 15.9 Å². The molecule has 0 atom stereocenters. The van der Waals surface area contributed by atoms with Gasteiger partial charge < -0.3 is 9.84 Å². The van der Waals surface area contributed by atoms with Crippen LogP contribution in [0.25, 0.3) is 5.57 Å². The molecule has 0 aliphatic heterocycles. The monoisotopic (exact) mass is 402 g/mol. The highest BCUT2D eigenvalue weighted by molar-refractivity contribution is 9.11. The van der Waals surface area contributed by atoms with Crippen molar-refractivity contribution < 1.29 is 9.84 Å². The van der Waals surface area contributed by atoms with E-state index in [4.69, 9.17) is 4.74 Å². The minimum absolute atomic E-state index is 0.195. The van der Waals surface area contributed by atoms with Gasteiger partial charge in [0.05, 0.1) is 0 Å². The number of phenols is 1. The topological polar surface area (TPSA) is 29.5 Å². The average molecular weight is 403 g/mol. The van der Waals surface area contributed by atoms with Crippen LogP contribution in [0.3, 0.4) is 0 Å². The van der Waals surface area contributed by atoms with Crippen LogP contribution in [0.2, 0.25) is 0 Å². The van der Waals surface area contributed by atoms with Crippen molar-refractivity contribution in [2.24, 2.45) is 0 Å². The molecule has 0 fully saturated rings. The molecule has 1 aliphatic rings. The van der Waals surface area contributed by atoms with Gasteiger partial charge in [0.25, 0.3) is 0 Å². The molecule has 2 nitrogen and oxygen atoms in total. The molecule has 0 aromatic heterocycles. The van der Waals surface area contributed by atoms with Gasteiger partial charge in [0, 0.05) is 4.48 Å². The summed E-state index contributed by atoms with van der Waals surface area (Å²) < 4.78 is 7.20. The summed E-state index contributed by atoms with van der Waals surface area (Å²) in [5.74, 6) is 1.20. The number of aromatic hydroxyl groups is 1. The number of ether oxygens (including phenoxy) is 1. The molecule has 0 bridgehead atoms. The number of fused-ring (bicyclic) bond motifs is 1. The van der Waals surface area contributed by atoms with Gasteiger partial charge in [0.15, 0.2) is 0 Å². The van der Waals surface area contributed by atoms with Crippen molar-refractivity contribution in [2.75, 3.05) is 0 Å². The Labute approximate surface area is 159 Å². The SMILES string of the molecule is CC.CC(C)(C)Oc1ccc2c(c1)CCC(Br)=C2c1ccc(O)cc1. The lowest BCUT2D eigenvalue weighted by Gasteiger charge is -2.25. The highest BCUT2D eigenvalue weighted by Gasteiger charge is 2.21. The molecule has 134 valence electrons. The lowest BCUT2D eigenvalue weighted by molar-refractivity contribution is 0.131. The zero-order chi connectivity index (χ0) is 18.6. The minimum atomic E-state index is -0.195. The smallest absolute Gasteiger partial charge is 0.120 e. The zero-order valence-corrected chi connectivity index (χ0v) is 17.3. The fourth-order valence-corrected chi connectivity index (χ4v) is 3.53. The minimum Gasteiger partial charge on any atom is -0.508 e. The Morgan fingerprint density at radius 1 is 0.960 bits per heavy atom. The van der Waals surface area contributed by atoms with E-state index in [1.165, 1.54) is 21.2 Å².